The third-order valence-corrected chi connectivity index (χ3v) is 10.8. The van der Waals surface area contributed by atoms with E-state index < -0.39 is 0 Å². The van der Waals surface area contributed by atoms with Gasteiger partial charge in [0.2, 0.25) is 0 Å². The monoisotopic (exact) mass is 596 g/mol. The molecule has 0 saturated heterocycles. The van der Waals surface area contributed by atoms with Crippen LogP contribution in [0.1, 0.15) is 25.0 Å². The Morgan fingerprint density at radius 2 is 0.787 bits per heavy atom. The summed E-state index contributed by atoms with van der Waals surface area (Å²) in [5, 5.41) is 5.27. The van der Waals surface area contributed by atoms with Gasteiger partial charge in [0.1, 0.15) is 0 Å². The molecule has 0 nitrogen and oxygen atoms in total. The molecule has 220 valence electrons. The maximum atomic E-state index is 2.44. The van der Waals surface area contributed by atoms with Crippen LogP contribution < -0.4 is 0 Å². The molecule has 0 radical (unpaired) electrons. The Kier molecular flexibility index (Phi) is 5.44. The molecule has 0 saturated carbocycles. The van der Waals surface area contributed by atoms with Crippen LogP contribution >= 0.6 is 0 Å². The highest BCUT2D eigenvalue weighted by Gasteiger charge is 2.36. The molecule has 0 aromatic heterocycles. The van der Waals surface area contributed by atoms with Crippen LogP contribution in [0.2, 0.25) is 0 Å². The Labute approximate surface area is 275 Å². The minimum absolute atomic E-state index is 0.106. The van der Waals surface area contributed by atoms with Crippen molar-refractivity contribution in [3.63, 3.8) is 0 Å². The van der Waals surface area contributed by atoms with Crippen molar-refractivity contribution < 1.29 is 0 Å². The lowest BCUT2D eigenvalue weighted by atomic mass is 9.80. The Balaban J connectivity index is 1.05. The molecule has 2 aliphatic carbocycles. The molecule has 0 N–H and O–H groups in total. The van der Waals surface area contributed by atoms with E-state index in [1.54, 1.807) is 0 Å². The zero-order valence-corrected chi connectivity index (χ0v) is 26.5. The second kappa shape index (κ2) is 9.64. The topological polar surface area (TPSA) is 0 Å². The van der Waals surface area contributed by atoms with Crippen LogP contribution in [0.4, 0.5) is 0 Å². The SMILES string of the molecule is CC1(C)c2cc(-c3cccc(-c4ccc5c6c(cccc46)-c4ccccc4-5)c3)ccc2-c2ccc(-c3cccc4ccccc34)cc21. The molecule has 2 aliphatic rings. The van der Waals surface area contributed by atoms with Crippen LogP contribution in [0.5, 0.6) is 0 Å². The normalized spacial score (nSPS) is 13.5. The van der Waals surface area contributed by atoms with Gasteiger partial charge >= 0.3 is 0 Å². The first-order chi connectivity index (χ1) is 23.1. The highest BCUT2D eigenvalue weighted by molar-refractivity contribution is 6.18. The number of hydrogen-bond acceptors (Lipinski definition) is 0. The van der Waals surface area contributed by atoms with Gasteiger partial charge in [-0.25, -0.2) is 0 Å². The van der Waals surface area contributed by atoms with E-state index >= 15 is 0 Å². The fourth-order valence-corrected chi connectivity index (χ4v) is 8.49. The van der Waals surface area contributed by atoms with Crippen LogP contribution in [0.25, 0.3) is 88.3 Å². The molecular weight excluding hydrogens is 565 g/mol. The van der Waals surface area contributed by atoms with Gasteiger partial charge in [-0.05, 0) is 118 Å². The highest BCUT2D eigenvalue weighted by Crippen LogP contribution is 2.52. The lowest BCUT2D eigenvalue weighted by Gasteiger charge is -2.23. The molecular formula is C47H32. The molecule has 10 rings (SSSR count). The summed E-state index contributed by atoms with van der Waals surface area (Å²) in [6.45, 7) is 4.77. The molecule has 0 heteroatoms. The van der Waals surface area contributed by atoms with Crippen molar-refractivity contribution in [1.29, 1.82) is 0 Å². The summed E-state index contributed by atoms with van der Waals surface area (Å²) in [5.74, 6) is 0. The lowest BCUT2D eigenvalue weighted by Crippen LogP contribution is -2.15. The molecule has 0 spiro atoms. The predicted molar refractivity (Wildman–Crippen MR) is 200 cm³/mol. The molecule has 8 aromatic rings. The highest BCUT2D eigenvalue weighted by atomic mass is 14.4. The van der Waals surface area contributed by atoms with Crippen molar-refractivity contribution in [3.05, 3.63) is 169 Å². The van der Waals surface area contributed by atoms with Crippen LogP contribution in [-0.2, 0) is 5.41 Å². The minimum atomic E-state index is -0.106. The third-order valence-electron chi connectivity index (χ3n) is 10.8. The zero-order chi connectivity index (χ0) is 31.3. The molecule has 0 atom stereocenters. The zero-order valence-electron chi connectivity index (χ0n) is 26.5. The van der Waals surface area contributed by atoms with E-state index in [9.17, 15) is 0 Å². The van der Waals surface area contributed by atoms with E-state index in [1.807, 2.05) is 0 Å². The van der Waals surface area contributed by atoms with Gasteiger partial charge in [0, 0.05) is 5.41 Å². The number of benzene rings is 8. The second-order valence-corrected chi connectivity index (χ2v) is 13.7. The number of fused-ring (bicyclic) bond motifs is 7. The molecule has 0 bridgehead atoms. The molecule has 8 aromatic carbocycles. The van der Waals surface area contributed by atoms with E-state index in [1.165, 1.54) is 99.4 Å². The Bertz CT molecular complexity index is 2560. The summed E-state index contributed by atoms with van der Waals surface area (Å²) >= 11 is 0. The third kappa shape index (κ3) is 3.76. The van der Waals surface area contributed by atoms with E-state index in [0.717, 1.165) is 0 Å². The maximum Gasteiger partial charge on any atom is 0.0159 e. The van der Waals surface area contributed by atoms with Crippen LogP contribution in [-0.4, -0.2) is 0 Å². The van der Waals surface area contributed by atoms with Crippen LogP contribution in [0.3, 0.4) is 0 Å². The van der Waals surface area contributed by atoms with E-state index in [4.69, 9.17) is 0 Å². The first-order valence-electron chi connectivity index (χ1n) is 16.6. The predicted octanol–water partition coefficient (Wildman–Crippen LogP) is 12.9. The van der Waals surface area contributed by atoms with Crippen molar-refractivity contribution in [2.24, 2.45) is 0 Å². The Hall–Kier alpha value is -5.72. The summed E-state index contributed by atoms with van der Waals surface area (Å²) in [6.07, 6.45) is 0. The summed E-state index contributed by atoms with van der Waals surface area (Å²) in [6, 6.07) is 58.8. The largest absolute Gasteiger partial charge is 0.0616 e. The smallest absolute Gasteiger partial charge is 0.0159 e. The van der Waals surface area contributed by atoms with Gasteiger partial charge in [-0.1, -0.05) is 153 Å². The van der Waals surface area contributed by atoms with Crippen molar-refractivity contribution in [2.45, 2.75) is 19.3 Å². The maximum absolute atomic E-state index is 2.44. The molecule has 0 amide bonds. The molecule has 0 heterocycles. The average Bonchev–Trinajstić information content (AvgIpc) is 3.57. The fraction of sp³-hybridized carbons (Fsp3) is 0.0638. The fourth-order valence-electron chi connectivity index (χ4n) is 8.49. The number of rotatable bonds is 3. The molecule has 0 aliphatic heterocycles. The minimum Gasteiger partial charge on any atom is -0.0616 e. The van der Waals surface area contributed by atoms with Gasteiger partial charge in [-0.2, -0.15) is 0 Å². The van der Waals surface area contributed by atoms with E-state index in [0.29, 0.717) is 0 Å². The van der Waals surface area contributed by atoms with E-state index in [-0.39, 0.29) is 5.41 Å². The number of hydrogen-bond donors (Lipinski definition) is 0. The van der Waals surface area contributed by atoms with Crippen molar-refractivity contribution in [2.75, 3.05) is 0 Å². The van der Waals surface area contributed by atoms with Gasteiger partial charge in [-0.3, -0.25) is 0 Å². The average molecular weight is 597 g/mol. The lowest BCUT2D eigenvalue weighted by molar-refractivity contribution is 0.661. The van der Waals surface area contributed by atoms with E-state index in [2.05, 4.69) is 172 Å². The van der Waals surface area contributed by atoms with Crippen molar-refractivity contribution in [1.82, 2.24) is 0 Å². The van der Waals surface area contributed by atoms with Gasteiger partial charge in [0.25, 0.3) is 0 Å². The van der Waals surface area contributed by atoms with Gasteiger partial charge in [-0.15, -0.1) is 0 Å². The molecule has 0 fully saturated rings. The Morgan fingerprint density at radius 3 is 1.62 bits per heavy atom. The van der Waals surface area contributed by atoms with Crippen molar-refractivity contribution >= 4 is 21.5 Å². The summed E-state index contributed by atoms with van der Waals surface area (Å²) in [4.78, 5) is 0. The van der Waals surface area contributed by atoms with Gasteiger partial charge in [0.15, 0.2) is 0 Å². The van der Waals surface area contributed by atoms with Gasteiger partial charge < -0.3 is 0 Å². The summed E-state index contributed by atoms with van der Waals surface area (Å²) < 4.78 is 0. The first kappa shape index (κ1) is 26.5. The van der Waals surface area contributed by atoms with Crippen molar-refractivity contribution in [3.8, 4) is 66.8 Å². The van der Waals surface area contributed by atoms with Crippen LogP contribution in [0.15, 0.2) is 158 Å². The standard InChI is InChI=1S/C47H32/c1-47(2)44-27-31(20-22-39(44)40-23-21-33(28-45(40)47)35-17-8-11-29-10-3-4-14-34(29)35)30-12-7-13-32(26-30)36-24-25-43-38-16-6-5-15-37(38)42-19-9-18-41(36)46(42)43/h3-28H,1-2H3. The Morgan fingerprint density at radius 1 is 0.319 bits per heavy atom. The molecule has 0 unspecified atom stereocenters. The summed E-state index contributed by atoms with van der Waals surface area (Å²) in [5.41, 5.74) is 18.4. The molecule has 47 heavy (non-hydrogen) atoms. The quantitative estimate of drug-likeness (QED) is 0.190. The van der Waals surface area contributed by atoms with Crippen LogP contribution in [0, 0.1) is 0 Å². The first-order valence-corrected chi connectivity index (χ1v) is 16.6. The van der Waals surface area contributed by atoms with Gasteiger partial charge in [0.05, 0.1) is 0 Å². The second-order valence-electron chi connectivity index (χ2n) is 13.7. The summed E-state index contributed by atoms with van der Waals surface area (Å²) in [7, 11) is 0.